The highest BCUT2D eigenvalue weighted by Crippen LogP contribution is 2.29. The van der Waals surface area contributed by atoms with E-state index in [4.69, 9.17) is 21.1 Å². The van der Waals surface area contributed by atoms with Crippen LogP contribution >= 0.6 is 11.6 Å². The van der Waals surface area contributed by atoms with E-state index in [1.807, 2.05) is 18.2 Å². The Labute approximate surface area is 163 Å². The van der Waals surface area contributed by atoms with E-state index in [1.165, 1.54) is 18.7 Å². The first-order valence-electron chi connectivity index (χ1n) is 8.92. The number of nitrogens with one attached hydrogen (secondary N) is 1. The molecule has 0 unspecified atom stereocenters. The third-order valence-corrected chi connectivity index (χ3v) is 4.96. The van der Waals surface area contributed by atoms with Crippen LogP contribution in [0.1, 0.15) is 47.3 Å². The van der Waals surface area contributed by atoms with Crippen LogP contribution in [0.3, 0.4) is 0 Å². The van der Waals surface area contributed by atoms with E-state index in [-0.39, 0.29) is 17.5 Å². The van der Waals surface area contributed by atoms with Gasteiger partial charge in [-0.25, -0.2) is 4.79 Å². The summed E-state index contributed by atoms with van der Waals surface area (Å²) in [6.45, 7) is 1.55. The van der Waals surface area contributed by atoms with Crippen molar-refractivity contribution in [3.8, 4) is 5.75 Å². The molecular formula is C21H22ClNO4. The van der Waals surface area contributed by atoms with Gasteiger partial charge in [0.15, 0.2) is 6.10 Å². The first-order chi connectivity index (χ1) is 13.0. The SMILES string of the molecule is COc1ccc(Cl)cc1C(=O)O[C@@H](C)C(=O)N[C@H]1CCCc2ccccc21. The van der Waals surface area contributed by atoms with Gasteiger partial charge in [0.05, 0.1) is 13.2 Å². The van der Waals surface area contributed by atoms with Crippen molar-refractivity contribution in [2.75, 3.05) is 7.11 Å². The van der Waals surface area contributed by atoms with Crippen molar-refractivity contribution in [2.45, 2.75) is 38.3 Å². The maximum absolute atomic E-state index is 12.6. The smallest absolute Gasteiger partial charge is 0.342 e. The number of aryl methyl sites for hydroxylation is 1. The molecule has 0 radical (unpaired) electrons. The Morgan fingerprint density at radius 2 is 2.00 bits per heavy atom. The Morgan fingerprint density at radius 1 is 1.22 bits per heavy atom. The van der Waals surface area contributed by atoms with Gasteiger partial charge in [0.25, 0.3) is 5.91 Å². The summed E-state index contributed by atoms with van der Waals surface area (Å²) in [6, 6.07) is 12.7. The summed E-state index contributed by atoms with van der Waals surface area (Å²) in [6.07, 6.45) is 1.96. The van der Waals surface area contributed by atoms with E-state index in [9.17, 15) is 9.59 Å². The molecule has 0 saturated carbocycles. The van der Waals surface area contributed by atoms with Gasteiger partial charge in [0, 0.05) is 5.02 Å². The summed E-state index contributed by atoms with van der Waals surface area (Å²) in [7, 11) is 1.46. The van der Waals surface area contributed by atoms with Gasteiger partial charge in [0.2, 0.25) is 0 Å². The van der Waals surface area contributed by atoms with Gasteiger partial charge in [-0.15, -0.1) is 0 Å². The summed E-state index contributed by atoms with van der Waals surface area (Å²) in [4.78, 5) is 25.0. The first kappa shape index (κ1) is 19.2. The molecule has 1 N–H and O–H groups in total. The molecule has 0 aromatic heterocycles. The number of hydrogen-bond donors (Lipinski definition) is 1. The predicted molar refractivity (Wildman–Crippen MR) is 103 cm³/mol. The summed E-state index contributed by atoms with van der Waals surface area (Å²) >= 11 is 5.95. The van der Waals surface area contributed by atoms with Crippen LogP contribution < -0.4 is 10.1 Å². The maximum Gasteiger partial charge on any atom is 0.342 e. The summed E-state index contributed by atoms with van der Waals surface area (Å²) in [5.74, 6) is -0.634. The molecule has 27 heavy (non-hydrogen) atoms. The van der Waals surface area contributed by atoms with Crippen molar-refractivity contribution in [2.24, 2.45) is 0 Å². The van der Waals surface area contributed by atoms with Gasteiger partial charge in [-0.05, 0) is 55.5 Å². The van der Waals surface area contributed by atoms with E-state index in [1.54, 1.807) is 19.1 Å². The quantitative estimate of drug-likeness (QED) is 0.785. The second-order valence-corrected chi connectivity index (χ2v) is 6.98. The van der Waals surface area contributed by atoms with Crippen LogP contribution in [0.5, 0.6) is 5.75 Å². The van der Waals surface area contributed by atoms with E-state index >= 15 is 0 Å². The number of hydrogen-bond acceptors (Lipinski definition) is 4. The van der Waals surface area contributed by atoms with Gasteiger partial charge in [0.1, 0.15) is 11.3 Å². The van der Waals surface area contributed by atoms with E-state index in [0.717, 1.165) is 24.8 Å². The maximum atomic E-state index is 12.6. The third kappa shape index (κ3) is 4.42. The topological polar surface area (TPSA) is 64.6 Å². The van der Waals surface area contributed by atoms with Crippen LogP contribution in [0.4, 0.5) is 0 Å². The zero-order chi connectivity index (χ0) is 19.4. The molecule has 1 aliphatic rings. The van der Waals surface area contributed by atoms with E-state index < -0.39 is 12.1 Å². The number of benzene rings is 2. The van der Waals surface area contributed by atoms with Crippen LogP contribution in [-0.4, -0.2) is 25.1 Å². The molecule has 0 aliphatic heterocycles. The van der Waals surface area contributed by atoms with Gasteiger partial charge in [-0.2, -0.15) is 0 Å². The van der Waals surface area contributed by atoms with Crippen LogP contribution in [0, 0.1) is 0 Å². The number of rotatable bonds is 5. The average molecular weight is 388 g/mol. The minimum Gasteiger partial charge on any atom is -0.496 e. The largest absolute Gasteiger partial charge is 0.496 e. The second-order valence-electron chi connectivity index (χ2n) is 6.54. The molecule has 6 heteroatoms. The molecule has 3 rings (SSSR count). The predicted octanol–water partition coefficient (Wildman–Crippen LogP) is 4.09. The van der Waals surface area contributed by atoms with Gasteiger partial charge < -0.3 is 14.8 Å². The number of methoxy groups -OCH3 is 1. The molecular weight excluding hydrogens is 366 g/mol. The lowest BCUT2D eigenvalue weighted by atomic mass is 9.87. The van der Waals surface area contributed by atoms with Crippen molar-refractivity contribution >= 4 is 23.5 Å². The molecule has 2 aromatic carbocycles. The van der Waals surface area contributed by atoms with Crippen LogP contribution in [-0.2, 0) is 16.0 Å². The summed E-state index contributed by atoms with van der Waals surface area (Å²) in [5, 5.41) is 3.39. The standard InChI is InChI=1S/C21H22ClNO4/c1-13(27-21(25)17-12-15(22)10-11-19(17)26-2)20(24)23-18-9-5-7-14-6-3-4-8-16(14)18/h3-4,6,8,10-13,18H,5,7,9H2,1-2H3,(H,23,24)/t13-,18-/m0/s1. The Kier molecular flexibility index (Phi) is 6.01. The zero-order valence-corrected chi connectivity index (χ0v) is 16.1. The fraction of sp³-hybridized carbons (Fsp3) is 0.333. The first-order valence-corrected chi connectivity index (χ1v) is 9.30. The van der Waals surface area contributed by atoms with Crippen molar-refractivity contribution < 1.29 is 19.1 Å². The molecule has 1 aliphatic carbocycles. The minimum atomic E-state index is -0.935. The van der Waals surface area contributed by atoms with Crippen LogP contribution in [0.25, 0.3) is 0 Å². The van der Waals surface area contributed by atoms with Crippen molar-refractivity contribution in [3.63, 3.8) is 0 Å². The summed E-state index contributed by atoms with van der Waals surface area (Å²) < 4.78 is 10.5. The van der Waals surface area contributed by atoms with Crippen LogP contribution in [0.15, 0.2) is 42.5 Å². The zero-order valence-electron chi connectivity index (χ0n) is 15.3. The highest BCUT2D eigenvalue weighted by molar-refractivity contribution is 6.31. The number of esters is 1. The fourth-order valence-electron chi connectivity index (χ4n) is 3.31. The molecule has 2 atom stereocenters. The number of carbonyl (C=O) groups excluding carboxylic acids is 2. The molecule has 2 aromatic rings. The molecule has 0 heterocycles. The number of halogens is 1. The molecule has 5 nitrogen and oxygen atoms in total. The van der Waals surface area contributed by atoms with Gasteiger partial charge >= 0.3 is 5.97 Å². The van der Waals surface area contributed by atoms with Crippen molar-refractivity contribution in [1.82, 2.24) is 5.32 Å². The van der Waals surface area contributed by atoms with Crippen molar-refractivity contribution in [1.29, 1.82) is 0 Å². The average Bonchev–Trinajstić information content (AvgIpc) is 2.68. The lowest BCUT2D eigenvalue weighted by Crippen LogP contribution is -2.39. The molecule has 0 spiro atoms. The minimum absolute atomic E-state index is 0.0655. The lowest BCUT2D eigenvalue weighted by molar-refractivity contribution is -0.130. The highest BCUT2D eigenvalue weighted by Gasteiger charge is 2.26. The monoisotopic (exact) mass is 387 g/mol. The van der Waals surface area contributed by atoms with E-state index in [2.05, 4.69) is 11.4 Å². The second kappa shape index (κ2) is 8.44. The number of ether oxygens (including phenoxy) is 2. The van der Waals surface area contributed by atoms with Gasteiger partial charge in [-0.3, -0.25) is 4.79 Å². The van der Waals surface area contributed by atoms with Gasteiger partial charge in [-0.1, -0.05) is 35.9 Å². The fourth-order valence-corrected chi connectivity index (χ4v) is 3.48. The number of fused-ring (bicyclic) bond motifs is 1. The Balaban J connectivity index is 1.67. The lowest BCUT2D eigenvalue weighted by Gasteiger charge is -2.27. The Morgan fingerprint density at radius 3 is 2.78 bits per heavy atom. The Hall–Kier alpha value is -2.53. The van der Waals surface area contributed by atoms with Crippen molar-refractivity contribution in [3.05, 3.63) is 64.2 Å². The molecule has 0 saturated heterocycles. The third-order valence-electron chi connectivity index (χ3n) is 4.72. The molecule has 142 valence electrons. The van der Waals surface area contributed by atoms with E-state index in [0.29, 0.717) is 10.8 Å². The Bertz CT molecular complexity index is 852. The molecule has 0 bridgehead atoms. The molecule has 1 amide bonds. The highest BCUT2D eigenvalue weighted by atomic mass is 35.5. The molecule has 0 fully saturated rings. The number of amides is 1. The van der Waals surface area contributed by atoms with Crippen LogP contribution in [0.2, 0.25) is 5.02 Å². The summed E-state index contributed by atoms with van der Waals surface area (Å²) in [5.41, 5.74) is 2.57. The normalized spacial score (nSPS) is 16.8. The number of carbonyl (C=O) groups is 2.